The Kier molecular flexibility index (Phi) is 6.78. The van der Waals surface area contributed by atoms with Gasteiger partial charge in [-0.1, -0.05) is 72.8 Å². The molecule has 1 heterocycles. The summed E-state index contributed by atoms with van der Waals surface area (Å²) < 4.78 is 23.5. The molecule has 0 saturated heterocycles. The zero-order chi connectivity index (χ0) is 26.4. The van der Waals surface area contributed by atoms with Crippen molar-refractivity contribution in [2.24, 2.45) is 0 Å². The third-order valence-corrected chi connectivity index (χ3v) is 6.19. The van der Waals surface area contributed by atoms with Crippen LogP contribution in [0.25, 0.3) is 22.1 Å². The maximum atomic E-state index is 13.1. The lowest BCUT2D eigenvalue weighted by Crippen LogP contribution is -2.05. The summed E-state index contributed by atoms with van der Waals surface area (Å²) in [5.74, 6) is 2.77. The van der Waals surface area contributed by atoms with Gasteiger partial charge in [0.2, 0.25) is 11.2 Å². The highest BCUT2D eigenvalue weighted by molar-refractivity contribution is 5.79. The molecule has 0 bridgehead atoms. The van der Waals surface area contributed by atoms with Crippen LogP contribution in [0.15, 0.2) is 143 Å². The standard InChI is InChI=1S/C34H24O5/c35-34-31-19-18-29(36-22-24-8-7-13-30(20-24)38-27-11-5-2-6-12-27)21-32(31)37-23-33(34)39-28-16-14-26(15-17-28)25-9-3-1-4-10-25/h1-21,23H,22H2. The predicted octanol–water partition coefficient (Wildman–Crippen LogP) is 8.62. The number of hydrogen-bond acceptors (Lipinski definition) is 5. The van der Waals surface area contributed by atoms with E-state index in [2.05, 4.69) is 0 Å². The average Bonchev–Trinajstić information content (AvgIpc) is 2.99. The fourth-order valence-electron chi connectivity index (χ4n) is 4.21. The van der Waals surface area contributed by atoms with E-state index in [4.69, 9.17) is 18.6 Å². The summed E-state index contributed by atoms with van der Waals surface area (Å²) >= 11 is 0. The van der Waals surface area contributed by atoms with Crippen LogP contribution >= 0.6 is 0 Å². The zero-order valence-corrected chi connectivity index (χ0v) is 21.0. The molecule has 0 spiro atoms. The van der Waals surface area contributed by atoms with Crippen molar-refractivity contribution in [2.45, 2.75) is 6.61 Å². The molecule has 0 aliphatic heterocycles. The number of fused-ring (bicyclic) bond motifs is 1. The van der Waals surface area contributed by atoms with Gasteiger partial charge < -0.3 is 18.6 Å². The van der Waals surface area contributed by atoms with Gasteiger partial charge in [0.05, 0.1) is 5.39 Å². The van der Waals surface area contributed by atoms with E-state index in [1.165, 1.54) is 6.26 Å². The Morgan fingerprint density at radius 3 is 2.03 bits per heavy atom. The lowest BCUT2D eigenvalue weighted by molar-refractivity contribution is 0.305. The van der Waals surface area contributed by atoms with Gasteiger partial charge in [0.1, 0.15) is 41.5 Å². The summed E-state index contributed by atoms with van der Waals surface area (Å²) in [6.07, 6.45) is 1.34. The monoisotopic (exact) mass is 512 g/mol. The Bertz CT molecular complexity index is 1760. The maximum absolute atomic E-state index is 13.1. The molecule has 5 heteroatoms. The molecular formula is C34H24O5. The normalized spacial score (nSPS) is 10.8. The van der Waals surface area contributed by atoms with Gasteiger partial charge in [-0.2, -0.15) is 0 Å². The fourth-order valence-corrected chi connectivity index (χ4v) is 4.21. The highest BCUT2D eigenvalue weighted by Crippen LogP contribution is 2.27. The summed E-state index contributed by atoms with van der Waals surface area (Å²) in [6, 6.07) is 40.2. The lowest BCUT2D eigenvalue weighted by atomic mass is 10.1. The van der Waals surface area contributed by atoms with Crippen molar-refractivity contribution >= 4 is 11.0 Å². The molecule has 0 radical (unpaired) electrons. The largest absolute Gasteiger partial charge is 0.489 e. The molecule has 6 rings (SSSR count). The van der Waals surface area contributed by atoms with Crippen molar-refractivity contribution in [3.05, 3.63) is 149 Å². The fraction of sp³-hybridized carbons (Fsp3) is 0.0294. The number of para-hydroxylation sites is 1. The van der Waals surface area contributed by atoms with Crippen LogP contribution in [0.1, 0.15) is 5.56 Å². The van der Waals surface area contributed by atoms with Crippen molar-refractivity contribution in [3.63, 3.8) is 0 Å². The summed E-state index contributed by atoms with van der Waals surface area (Å²) in [4.78, 5) is 13.1. The second kappa shape index (κ2) is 11.0. The molecule has 5 aromatic carbocycles. The van der Waals surface area contributed by atoms with Crippen molar-refractivity contribution in [2.75, 3.05) is 0 Å². The van der Waals surface area contributed by atoms with Crippen molar-refractivity contribution in [1.29, 1.82) is 0 Å². The molecule has 1 aromatic heterocycles. The minimum absolute atomic E-state index is 0.124. The minimum Gasteiger partial charge on any atom is -0.489 e. The van der Waals surface area contributed by atoms with Crippen molar-refractivity contribution in [1.82, 2.24) is 0 Å². The van der Waals surface area contributed by atoms with Crippen LogP contribution in [0.5, 0.6) is 28.7 Å². The zero-order valence-electron chi connectivity index (χ0n) is 21.0. The average molecular weight is 513 g/mol. The quantitative estimate of drug-likeness (QED) is 0.204. The first kappa shape index (κ1) is 24.1. The van der Waals surface area contributed by atoms with Gasteiger partial charge >= 0.3 is 0 Å². The van der Waals surface area contributed by atoms with Crippen LogP contribution in [-0.4, -0.2) is 0 Å². The first-order valence-electron chi connectivity index (χ1n) is 12.5. The van der Waals surface area contributed by atoms with E-state index >= 15 is 0 Å². The van der Waals surface area contributed by atoms with E-state index < -0.39 is 0 Å². The van der Waals surface area contributed by atoms with Gasteiger partial charge in [0, 0.05) is 6.07 Å². The SMILES string of the molecule is O=c1c(Oc2ccc(-c3ccccc3)cc2)coc2cc(OCc3cccc(Oc4ccccc4)c3)ccc12. The van der Waals surface area contributed by atoms with Gasteiger partial charge in [0.15, 0.2) is 0 Å². The maximum Gasteiger partial charge on any atom is 0.235 e. The molecule has 190 valence electrons. The van der Waals surface area contributed by atoms with E-state index in [1.807, 2.05) is 109 Å². The highest BCUT2D eigenvalue weighted by atomic mass is 16.5. The predicted molar refractivity (Wildman–Crippen MR) is 152 cm³/mol. The van der Waals surface area contributed by atoms with E-state index in [1.54, 1.807) is 18.2 Å². The smallest absolute Gasteiger partial charge is 0.235 e. The van der Waals surface area contributed by atoms with Gasteiger partial charge in [-0.25, -0.2) is 0 Å². The van der Waals surface area contributed by atoms with Gasteiger partial charge in [-0.15, -0.1) is 0 Å². The summed E-state index contributed by atoms with van der Waals surface area (Å²) in [6.45, 7) is 0.335. The summed E-state index contributed by atoms with van der Waals surface area (Å²) in [5, 5.41) is 0.416. The third-order valence-electron chi connectivity index (χ3n) is 6.19. The topological polar surface area (TPSA) is 57.9 Å². The number of benzene rings is 5. The van der Waals surface area contributed by atoms with E-state index in [-0.39, 0.29) is 11.2 Å². The molecule has 39 heavy (non-hydrogen) atoms. The molecule has 0 N–H and O–H groups in total. The van der Waals surface area contributed by atoms with Crippen molar-refractivity contribution < 1.29 is 18.6 Å². The third kappa shape index (κ3) is 5.68. The van der Waals surface area contributed by atoms with Crippen LogP contribution < -0.4 is 19.6 Å². The van der Waals surface area contributed by atoms with E-state index in [0.717, 1.165) is 28.2 Å². The van der Waals surface area contributed by atoms with Gasteiger partial charge in [0.25, 0.3) is 0 Å². The molecule has 0 saturated carbocycles. The molecule has 0 amide bonds. The van der Waals surface area contributed by atoms with Crippen LogP contribution in [0.4, 0.5) is 0 Å². The molecule has 6 aromatic rings. The van der Waals surface area contributed by atoms with Crippen LogP contribution in [0, 0.1) is 0 Å². The Morgan fingerprint density at radius 2 is 1.23 bits per heavy atom. The molecule has 0 unspecified atom stereocenters. The van der Waals surface area contributed by atoms with E-state index in [0.29, 0.717) is 29.1 Å². The van der Waals surface area contributed by atoms with E-state index in [9.17, 15) is 4.79 Å². The Hall–Kier alpha value is -5.29. The second-order valence-electron chi connectivity index (χ2n) is 8.93. The Balaban J connectivity index is 1.13. The molecule has 0 fully saturated rings. The molecular weight excluding hydrogens is 488 g/mol. The number of hydrogen-bond donors (Lipinski definition) is 0. The lowest BCUT2D eigenvalue weighted by Gasteiger charge is -2.10. The molecule has 5 nitrogen and oxygen atoms in total. The summed E-state index contributed by atoms with van der Waals surface area (Å²) in [7, 11) is 0. The number of ether oxygens (including phenoxy) is 3. The first-order chi connectivity index (χ1) is 19.2. The highest BCUT2D eigenvalue weighted by Gasteiger charge is 2.11. The summed E-state index contributed by atoms with van der Waals surface area (Å²) in [5.41, 5.74) is 3.30. The van der Waals surface area contributed by atoms with Crippen LogP contribution in [0.2, 0.25) is 0 Å². The Labute approximate surface area is 225 Å². The van der Waals surface area contributed by atoms with Crippen LogP contribution in [-0.2, 0) is 6.61 Å². The minimum atomic E-state index is -0.249. The molecule has 0 aliphatic rings. The van der Waals surface area contributed by atoms with Gasteiger partial charge in [-0.3, -0.25) is 4.79 Å². The van der Waals surface area contributed by atoms with Crippen molar-refractivity contribution in [3.8, 4) is 39.9 Å². The molecule has 0 atom stereocenters. The second-order valence-corrected chi connectivity index (χ2v) is 8.93. The number of rotatable bonds is 8. The van der Waals surface area contributed by atoms with Gasteiger partial charge in [-0.05, 0) is 65.2 Å². The van der Waals surface area contributed by atoms with Crippen LogP contribution in [0.3, 0.4) is 0 Å². The Morgan fingerprint density at radius 1 is 0.564 bits per heavy atom. The first-order valence-corrected chi connectivity index (χ1v) is 12.5. The molecule has 0 aliphatic carbocycles.